The van der Waals surface area contributed by atoms with Crippen LogP contribution in [0.5, 0.6) is 11.5 Å². The summed E-state index contributed by atoms with van der Waals surface area (Å²) in [7, 11) is 1.98. The number of para-hydroxylation sites is 2. The van der Waals surface area contributed by atoms with E-state index in [9.17, 15) is 14.7 Å². The van der Waals surface area contributed by atoms with Crippen molar-refractivity contribution in [3.05, 3.63) is 121 Å². The minimum atomic E-state index is -0.788. The number of allylic oxidation sites excluding steroid dienone is 1. The van der Waals surface area contributed by atoms with E-state index >= 15 is 0 Å². The summed E-state index contributed by atoms with van der Waals surface area (Å²) in [5.41, 5.74) is 3.83. The molecule has 3 heterocycles. The Morgan fingerprint density at radius 2 is 1.88 bits per heavy atom. The van der Waals surface area contributed by atoms with Crippen molar-refractivity contribution in [2.75, 3.05) is 11.9 Å². The van der Waals surface area contributed by atoms with Gasteiger partial charge in [-0.25, -0.2) is 4.99 Å². The van der Waals surface area contributed by atoms with Gasteiger partial charge in [0.2, 0.25) is 0 Å². The molecular weight excluding hydrogens is 536 g/mol. The molecule has 0 saturated carbocycles. The second kappa shape index (κ2) is 10.6. The molecule has 1 atom stereocenters. The van der Waals surface area contributed by atoms with Crippen molar-refractivity contribution in [3.63, 3.8) is 0 Å². The van der Waals surface area contributed by atoms with Crippen molar-refractivity contribution in [1.82, 2.24) is 9.13 Å². The van der Waals surface area contributed by atoms with E-state index in [1.807, 2.05) is 73.3 Å². The molecule has 8 nitrogen and oxygen atoms in total. The first-order chi connectivity index (χ1) is 19.9. The van der Waals surface area contributed by atoms with E-state index in [-0.39, 0.29) is 23.0 Å². The Kier molecular flexibility index (Phi) is 6.80. The minimum Gasteiger partial charge on any atom is -0.504 e. The number of nitrogens with one attached hydrogen (secondary N) is 1. The number of carbonyl (C=O) groups excluding carboxylic acids is 1. The Morgan fingerprint density at radius 3 is 2.66 bits per heavy atom. The number of fused-ring (bicyclic) bond motifs is 2. The van der Waals surface area contributed by atoms with E-state index in [4.69, 9.17) is 9.73 Å². The average Bonchev–Trinajstić information content (AvgIpc) is 3.45. The summed E-state index contributed by atoms with van der Waals surface area (Å²) in [6.45, 7) is 3.95. The number of anilines is 1. The number of ether oxygens (including phenoxy) is 1. The van der Waals surface area contributed by atoms with Crippen molar-refractivity contribution in [2.24, 2.45) is 12.0 Å². The Labute approximate surface area is 239 Å². The second-order valence-corrected chi connectivity index (χ2v) is 10.8. The van der Waals surface area contributed by atoms with Crippen molar-refractivity contribution in [3.8, 4) is 11.5 Å². The van der Waals surface area contributed by atoms with Gasteiger partial charge in [0.25, 0.3) is 11.5 Å². The molecule has 1 aliphatic rings. The number of phenols is 1. The van der Waals surface area contributed by atoms with Crippen LogP contribution in [-0.4, -0.2) is 26.8 Å². The Bertz CT molecular complexity index is 2020. The predicted molar refractivity (Wildman–Crippen MR) is 161 cm³/mol. The summed E-state index contributed by atoms with van der Waals surface area (Å²) in [5, 5.41) is 14.4. The first-order valence-corrected chi connectivity index (χ1v) is 14.1. The highest BCUT2D eigenvalue weighted by atomic mass is 32.1. The third-order valence-electron chi connectivity index (χ3n) is 7.11. The Hall–Kier alpha value is -4.89. The summed E-state index contributed by atoms with van der Waals surface area (Å²) in [6.07, 6.45) is 3.88. The van der Waals surface area contributed by atoms with Crippen LogP contribution in [0.1, 0.15) is 31.0 Å². The smallest absolute Gasteiger partial charge is 0.271 e. The maximum absolute atomic E-state index is 14.1. The lowest BCUT2D eigenvalue weighted by Gasteiger charge is -2.26. The number of phenolic OH excluding ortho intramolecular Hbond substituents is 1. The standard InChI is InChI=1S/C32H28N4O4S/c1-4-40-26-16-20(14-15-25(26)37)29-28(30(38)34-22-10-6-5-7-11-22)19(2)33-32-36(29)31(39)27(41-32)17-21-18-35(3)24-13-9-8-12-23(21)24/h5-18,29,37H,4H2,1-3H3,(H,34,38)/b27-17-/t29-/m1/s1. The molecule has 0 saturated heterocycles. The highest BCUT2D eigenvalue weighted by molar-refractivity contribution is 7.07. The highest BCUT2D eigenvalue weighted by Gasteiger charge is 2.33. The highest BCUT2D eigenvalue weighted by Crippen LogP contribution is 2.36. The van der Waals surface area contributed by atoms with Gasteiger partial charge < -0.3 is 19.7 Å². The first-order valence-electron chi connectivity index (χ1n) is 13.2. The number of aryl methyl sites for hydroxylation is 1. The topological polar surface area (TPSA) is 97.9 Å². The third-order valence-corrected chi connectivity index (χ3v) is 8.09. The van der Waals surface area contributed by atoms with Gasteiger partial charge in [0.15, 0.2) is 16.3 Å². The summed E-state index contributed by atoms with van der Waals surface area (Å²) in [6, 6.07) is 21.3. The number of benzene rings is 3. The molecule has 0 bridgehead atoms. The molecule has 1 amide bonds. The van der Waals surface area contributed by atoms with Gasteiger partial charge in [-0.15, -0.1) is 0 Å². The van der Waals surface area contributed by atoms with Gasteiger partial charge in [-0.05, 0) is 55.8 Å². The molecule has 0 aliphatic carbocycles. The maximum atomic E-state index is 14.1. The van der Waals surface area contributed by atoms with Crippen molar-refractivity contribution in [1.29, 1.82) is 0 Å². The zero-order chi connectivity index (χ0) is 28.7. The molecule has 41 heavy (non-hydrogen) atoms. The SMILES string of the molecule is CCOc1cc([C@@H]2C(C(=O)Nc3ccccc3)=C(C)N=c3s/c(=C\c4cn(C)c5ccccc45)c(=O)n32)ccc1O. The van der Waals surface area contributed by atoms with Crippen LogP contribution in [0.15, 0.2) is 100 Å². The molecule has 0 fully saturated rings. The number of carbonyl (C=O) groups is 1. The molecule has 0 unspecified atom stereocenters. The molecule has 2 aromatic heterocycles. The lowest BCUT2D eigenvalue weighted by molar-refractivity contribution is -0.113. The van der Waals surface area contributed by atoms with Crippen molar-refractivity contribution < 1.29 is 14.6 Å². The molecule has 3 aromatic carbocycles. The monoisotopic (exact) mass is 564 g/mol. The normalized spacial score (nSPS) is 15.1. The van der Waals surface area contributed by atoms with Crippen LogP contribution in [-0.2, 0) is 11.8 Å². The molecule has 0 spiro atoms. The number of aromatic hydroxyl groups is 1. The zero-order valence-corrected chi connectivity index (χ0v) is 23.6. The van der Waals surface area contributed by atoms with Crippen LogP contribution < -0.4 is 24.9 Å². The van der Waals surface area contributed by atoms with Gasteiger partial charge in [0, 0.05) is 35.4 Å². The molecule has 6 rings (SSSR count). The third kappa shape index (κ3) is 4.74. The average molecular weight is 565 g/mol. The molecule has 2 N–H and O–H groups in total. The lowest BCUT2D eigenvalue weighted by Crippen LogP contribution is -2.40. The van der Waals surface area contributed by atoms with Crippen LogP contribution in [0.3, 0.4) is 0 Å². The largest absolute Gasteiger partial charge is 0.504 e. The number of amides is 1. The quantitative estimate of drug-likeness (QED) is 0.318. The summed E-state index contributed by atoms with van der Waals surface area (Å²) < 4.78 is 9.75. The number of rotatable bonds is 6. The maximum Gasteiger partial charge on any atom is 0.271 e. The molecule has 0 radical (unpaired) electrons. The summed E-state index contributed by atoms with van der Waals surface area (Å²) >= 11 is 1.28. The van der Waals surface area contributed by atoms with Crippen molar-refractivity contribution >= 4 is 39.9 Å². The number of nitrogens with zero attached hydrogens (tertiary/aromatic N) is 3. The molecule has 9 heteroatoms. The van der Waals surface area contributed by atoms with Gasteiger partial charge in [0.1, 0.15) is 0 Å². The fourth-order valence-electron chi connectivity index (χ4n) is 5.25. The second-order valence-electron chi connectivity index (χ2n) is 9.77. The first kappa shape index (κ1) is 26.3. The lowest BCUT2D eigenvalue weighted by atomic mass is 9.94. The zero-order valence-electron chi connectivity index (χ0n) is 22.8. The van der Waals surface area contributed by atoms with Gasteiger partial charge in [-0.2, -0.15) is 0 Å². The van der Waals surface area contributed by atoms with E-state index < -0.39 is 6.04 Å². The number of hydrogen-bond acceptors (Lipinski definition) is 6. The van der Waals surface area contributed by atoms with Crippen molar-refractivity contribution in [2.45, 2.75) is 19.9 Å². The van der Waals surface area contributed by atoms with Gasteiger partial charge in [0.05, 0.1) is 28.5 Å². The number of hydrogen-bond donors (Lipinski definition) is 2. The number of aromatic nitrogens is 2. The van der Waals surface area contributed by atoms with Gasteiger partial charge in [-0.3, -0.25) is 14.2 Å². The van der Waals surface area contributed by atoms with E-state index in [2.05, 4.69) is 5.32 Å². The fourth-order valence-corrected chi connectivity index (χ4v) is 6.29. The van der Waals surface area contributed by atoms with Gasteiger partial charge in [-0.1, -0.05) is 53.8 Å². The van der Waals surface area contributed by atoms with Crippen LogP contribution >= 0.6 is 11.3 Å². The van der Waals surface area contributed by atoms with Gasteiger partial charge >= 0.3 is 0 Å². The van der Waals surface area contributed by atoms with Crippen LogP contribution in [0.2, 0.25) is 0 Å². The summed E-state index contributed by atoms with van der Waals surface area (Å²) in [5.74, 6) is -0.105. The molecule has 5 aromatic rings. The molecule has 206 valence electrons. The molecule has 1 aliphatic heterocycles. The van der Waals surface area contributed by atoms with Crippen LogP contribution in [0.4, 0.5) is 5.69 Å². The minimum absolute atomic E-state index is 0.0186. The van der Waals surface area contributed by atoms with E-state index in [1.54, 1.807) is 35.8 Å². The Morgan fingerprint density at radius 1 is 1.12 bits per heavy atom. The van der Waals surface area contributed by atoms with Crippen LogP contribution in [0.25, 0.3) is 17.0 Å². The predicted octanol–water partition coefficient (Wildman–Crippen LogP) is 4.47. The van der Waals surface area contributed by atoms with E-state index in [0.717, 1.165) is 16.5 Å². The molecular formula is C32H28N4O4S. The summed E-state index contributed by atoms with van der Waals surface area (Å²) in [4.78, 5) is 33.1. The van der Waals surface area contributed by atoms with Crippen LogP contribution in [0, 0.1) is 0 Å². The van der Waals surface area contributed by atoms with E-state index in [1.165, 1.54) is 17.4 Å². The number of thiazole rings is 1. The fraction of sp³-hybridized carbons (Fsp3) is 0.156. The van der Waals surface area contributed by atoms with E-state index in [0.29, 0.717) is 38.5 Å². The Balaban J connectivity index is 1.55.